The van der Waals surface area contributed by atoms with Gasteiger partial charge in [0.05, 0.1) is 11.7 Å². The minimum absolute atomic E-state index is 0.0682. The highest BCUT2D eigenvalue weighted by molar-refractivity contribution is 5.97. The van der Waals surface area contributed by atoms with Gasteiger partial charge in [0.15, 0.2) is 0 Å². The lowest BCUT2D eigenvalue weighted by atomic mass is 9.90. The lowest BCUT2D eigenvalue weighted by Crippen LogP contribution is -2.32. The number of amides is 1. The van der Waals surface area contributed by atoms with Crippen molar-refractivity contribution >= 4 is 17.7 Å². The molecule has 1 saturated carbocycles. The number of rotatable bonds is 5. The van der Waals surface area contributed by atoms with Crippen molar-refractivity contribution in [3.63, 3.8) is 0 Å². The van der Waals surface area contributed by atoms with Crippen molar-refractivity contribution in [3.8, 4) is 0 Å². The van der Waals surface area contributed by atoms with Gasteiger partial charge in [0.25, 0.3) is 5.91 Å². The fourth-order valence-corrected chi connectivity index (χ4v) is 4.11. The molecule has 2 aromatic rings. The quantitative estimate of drug-likeness (QED) is 0.619. The Kier molecular flexibility index (Phi) is 5.38. The summed E-state index contributed by atoms with van der Waals surface area (Å²) in [5, 5.41) is 16.6. The topological polar surface area (TPSA) is 126 Å². The number of nitrogens with two attached hydrogens (primary N) is 1. The Morgan fingerprint density at radius 2 is 2.04 bits per heavy atom. The summed E-state index contributed by atoms with van der Waals surface area (Å²) in [6.07, 6.45) is 11.0. The molecule has 0 aromatic carbocycles. The van der Waals surface area contributed by atoms with Gasteiger partial charge >= 0.3 is 0 Å². The molecule has 0 spiro atoms. The Hall–Kier alpha value is -2.74. The molecule has 1 amide bonds. The first-order chi connectivity index (χ1) is 13.6. The molecule has 0 radical (unpaired) electrons. The number of nitrogens with one attached hydrogen (secondary N) is 2. The van der Waals surface area contributed by atoms with Gasteiger partial charge in [-0.25, -0.2) is 4.98 Å². The molecule has 8 heteroatoms. The molecule has 3 atom stereocenters. The summed E-state index contributed by atoms with van der Waals surface area (Å²) in [5.41, 5.74) is 8.36. The van der Waals surface area contributed by atoms with E-state index in [9.17, 15) is 9.90 Å². The molecule has 4 rings (SSSR count). The van der Waals surface area contributed by atoms with Gasteiger partial charge in [0, 0.05) is 30.7 Å². The Morgan fingerprint density at radius 1 is 1.14 bits per heavy atom. The normalized spacial score (nSPS) is 24.2. The van der Waals surface area contributed by atoms with E-state index in [1.807, 2.05) is 12.4 Å². The highest BCUT2D eigenvalue weighted by Gasteiger charge is 2.24. The van der Waals surface area contributed by atoms with E-state index in [4.69, 9.17) is 5.73 Å². The molecule has 5 N–H and O–H groups in total. The predicted molar refractivity (Wildman–Crippen MR) is 106 cm³/mol. The van der Waals surface area contributed by atoms with Crippen molar-refractivity contribution in [2.75, 3.05) is 10.6 Å². The Bertz CT molecular complexity index is 858. The van der Waals surface area contributed by atoms with Crippen molar-refractivity contribution in [3.05, 3.63) is 41.3 Å². The maximum absolute atomic E-state index is 11.8. The first-order valence-electron chi connectivity index (χ1n) is 9.88. The number of aryl methyl sites for hydroxylation is 1. The number of aromatic nitrogens is 3. The number of fused-ring (bicyclic) bond motifs is 1. The van der Waals surface area contributed by atoms with Gasteiger partial charge in [0.2, 0.25) is 5.95 Å². The van der Waals surface area contributed by atoms with Crippen LogP contribution in [0.5, 0.6) is 0 Å². The zero-order valence-corrected chi connectivity index (χ0v) is 15.8. The number of pyridine rings is 1. The molecule has 8 nitrogen and oxygen atoms in total. The molecule has 0 aliphatic heterocycles. The summed E-state index contributed by atoms with van der Waals surface area (Å²) in [6, 6.07) is 2.35. The number of anilines is 2. The van der Waals surface area contributed by atoms with Gasteiger partial charge in [-0.1, -0.05) is 0 Å². The van der Waals surface area contributed by atoms with Crippen molar-refractivity contribution in [2.24, 2.45) is 5.73 Å². The van der Waals surface area contributed by atoms with Gasteiger partial charge in [-0.3, -0.25) is 9.78 Å². The number of aliphatic hydroxyl groups excluding tert-OH is 1. The second kappa shape index (κ2) is 8.10. The minimum atomic E-state index is -0.565. The molecular formula is C20H26N6O2. The van der Waals surface area contributed by atoms with E-state index < -0.39 is 5.91 Å². The smallest absolute Gasteiger partial charge is 0.254 e. The van der Waals surface area contributed by atoms with Crippen LogP contribution in [0.1, 0.15) is 53.6 Å². The van der Waals surface area contributed by atoms with Gasteiger partial charge in [-0.2, -0.15) is 4.98 Å². The predicted octanol–water partition coefficient (Wildman–Crippen LogP) is 1.66. The second-order valence-corrected chi connectivity index (χ2v) is 7.71. The van der Waals surface area contributed by atoms with Gasteiger partial charge in [-0.05, 0) is 62.1 Å². The third kappa shape index (κ3) is 4.22. The molecule has 1 unspecified atom stereocenters. The van der Waals surface area contributed by atoms with E-state index >= 15 is 0 Å². The maximum atomic E-state index is 11.8. The fourth-order valence-electron chi connectivity index (χ4n) is 4.11. The van der Waals surface area contributed by atoms with Crippen LogP contribution >= 0.6 is 0 Å². The van der Waals surface area contributed by atoms with Crippen LogP contribution < -0.4 is 16.4 Å². The van der Waals surface area contributed by atoms with Crippen LogP contribution in [-0.2, 0) is 12.8 Å². The first kappa shape index (κ1) is 18.6. The molecule has 1 fully saturated rings. The molecule has 2 aromatic heterocycles. The van der Waals surface area contributed by atoms with E-state index in [1.54, 1.807) is 0 Å². The van der Waals surface area contributed by atoms with Crippen LogP contribution in [0.25, 0.3) is 0 Å². The highest BCUT2D eigenvalue weighted by atomic mass is 16.3. The lowest BCUT2D eigenvalue weighted by molar-refractivity contribution is 0.100. The van der Waals surface area contributed by atoms with Crippen molar-refractivity contribution in [1.29, 1.82) is 0 Å². The molecule has 148 valence electrons. The van der Waals surface area contributed by atoms with Crippen LogP contribution in [0.4, 0.5) is 11.8 Å². The van der Waals surface area contributed by atoms with Crippen molar-refractivity contribution in [2.45, 2.75) is 63.1 Å². The molecule has 0 bridgehead atoms. The number of hydrogen-bond donors (Lipinski definition) is 4. The summed E-state index contributed by atoms with van der Waals surface area (Å²) < 4.78 is 0. The number of carbonyl (C=O) groups excluding carboxylic acids is 1. The monoisotopic (exact) mass is 382 g/mol. The Labute approximate surface area is 164 Å². The van der Waals surface area contributed by atoms with Crippen molar-refractivity contribution < 1.29 is 9.90 Å². The van der Waals surface area contributed by atoms with E-state index in [-0.39, 0.29) is 23.8 Å². The van der Waals surface area contributed by atoms with Crippen LogP contribution in [0.15, 0.2) is 24.7 Å². The van der Waals surface area contributed by atoms with E-state index in [0.717, 1.165) is 38.5 Å². The van der Waals surface area contributed by atoms with Gasteiger partial charge in [-0.15, -0.1) is 0 Å². The van der Waals surface area contributed by atoms with Gasteiger partial charge in [0.1, 0.15) is 5.82 Å². The zero-order valence-electron chi connectivity index (χ0n) is 15.8. The van der Waals surface area contributed by atoms with E-state index in [0.29, 0.717) is 18.2 Å². The second-order valence-electron chi connectivity index (χ2n) is 7.71. The average molecular weight is 382 g/mol. The average Bonchev–Trinajstić information content (AvgIpc) is 2.68. The zero-order chi connectivity index (χ0) is 19.5. The lowest BCUT2D eigenvalue weighted by Gasteiger charge is -2.28. The number of hydrogen-bond acceptors (Lipinski definition) is 7. The number of nitrogens with zero attached hydrogens (tertiary/aromatic N) is 3. The summed E-state index contributed by atoms with van der Waals surface area (Å²) in [7, 11) is 0. The third-order valence-corrected chi connectivity index (χ3v) is 5.61. The number of carbonyl (C=O) groups is 1. The van der Waals surface area contributed by atoms with Gasteiger partial charge < -0.3 is 21.5 Å². The standard InChI is InChI=1S/C20H26N6O2/c21-18(28)17-11-23-20(26-19(17)24-14-2-1-3-16(27)9-14)25-15-5-4-13-10-22-7-6-12(13)8-15/h6-7,10-11,14-16,27H,1-5,8-9H2,(H2,21,28)(H2,23,24,25,26)/t14-,15-,16?/m1/s1. The molecule has 2 aliphatic rings. The van der Waals surface area contributed by atoms with Crippen LogP contribution in [0.3, 0.4) is 0 Å². The molecule has 0 saturated heterocycles. The van der Waals surface area contributed by atoms with Crippen LogP contribution in [0.2, 0.25) is 0 Å². The Morgan fingerprint density at radius 3 is 2.86 bits per heavy atom. The molecular weight excluding hydrogens is 356 g/mol. The van der Waals surface area contributed by atoms with Crippen LogP contribution in [0, 0.1) is 0 Å². The third-order valence-electron chi connectivity index (χ3n) is 5.61. The maximum Gasteiger partial charge on any atom is 0.254 e. The van der Waals surface area contributed by atoms with E-state index in [2.05, 4.69) is 31.7 Å². The summed E-state index contributed by atoms with van der Waals surface area (Å²) in [5.74, 6) is 0.348. The molecule has 2 heterocycles. The Balaban J connectivity index is 1.49. The molecule has 2 aliphatic carbocycles. The van der Waals surface area contributed by atoms with Crippen molar-refractivity contribution in [1.82, 2.24) is 15.0 Å². The SMILES string of the molecule is NC(=O)c1cnc(N[C@@H]2CCc3cnccc3C2)nc1N[C@@H]1CCCC(O)C1. The molecule has 28 heavy (non-hydrogen) atoms. The fraction of sp³-hybridized carbons (Fsp3) is 0.500. The number of aliphatic hydroxyl groups is 1. The minimum Gasteiger partial charge on any atom is -0.393 e. The largest absolute Gasteiger partial charge is 0.393 e. The summed E-state index contributed by atoms with van der Waals surface area (Å²) >= 11 is 0. The van der Waals surface area contributed by atoms with Crippen LogP contribution in [-0.4, -0.2) is 44.2 Å². The first-order valence-corrected chi connectivity index (χ1v) is 9.88. The highest BCUT2D eigenvalue weighted by Crippen LogP contribution is 2.25. The summed E-state index contributed by atoms with van der Waals surface area (Å²) in [4.78, 5) is 24.8. The van der Waals surface area contributed by atoms with E-state index in [1.165, 1.54) is 17.3 Å². The number of primary amides is 1. The summed E-state index contributed by atoms with van der Waals surface area (Å²) in [6.45, 7) is 0.